The topological polar surface area (TPSA) is 58.2 Å². The van der Waals surface area contributed by atoms with E-state index in [0.717, 1.165) is 19.3 Å². The Morgan fingerprint density at radius 1 is 1.38 bits per heavy atom. The highest BCUT2D eigenvalue weighted by molar-refractivity contribution is 7.89. The third kappa shape index (κ3) is 3.25. The molecule has 5 heteroatoms. The fourth-order valence-electron chi connectivity index (χ4n) is 1.47. The highest BCUT2D eigenvalue weighted by atomic mass is 32.2. The molecular weight excluding hydrogens is 188 g/mol. The molecule has 1 fully saturated rings. The fraction of sp³-hybridized carbons (Fsp3) is 1.00. The summed E-state index contributed by atoms with van der Waals surface area (Å²) in [5.41, 5.74) is -0.160. The molecule has 1 aliphatic rings. The van der Waals surface area contributed by atoms with Crippen molar-refractivity contribution in [1.82, 2.24) is 10.0 Å². The molecule has 13 heavy (non-hydrogen) atoms. The van der Waals surface area contributed by atoms with E-state index >= 15 is 0 Å². The zero-order valence-corrected chi connectivity index (χ0v) is 9.08. The van der Waals surface area contributed by atoms with Crippen LogP contribution in [0.15, 0.2) is 0 Å². The molecule has 0 saturated heterocycles. The summed E-state index contributed by atoms with van der Waals surface area (Å²) in [7, 11) is -1.32. The van der Waals surface area contributed by atoms with Gasteiger partial charge in [-0.1, -0.05) is 0 Å². The zero-order chi connectivity index (χ0) is 9.95. The van der Waals surface area contributed by atoms with Crippen molar-refractivity contribution < 1.29 is 8.42 Å². The van der Waals surface area contributed by atoms with E-state index in [4.69, 9.17) is 0 Å². The SMILES string of the molecule is CNCCS(=O)(=O)NC1(C)CCC1. The fourth-order valence-corrected chi connectivity index (χ4v) is 3.00. The van der Waals surface area contributed by atoms with Gasteiger partial charge >= 0.3 is 0 Å². The van der Waals surface area contributed by atoms with Gasteiger partial charge in [-0.05, 0) is 33.2 Å². The molecule has 2 N–H and O–H groups in total. The molecule has 1 saturated carbocycles. The van der Waals surface area contributed by atoms with E-state index in [1.54, 1.807) is 7.05 Å². The average Bonchev–Trinajstić information content (AvgIpc) is 1.97. The molecule has 0 amide bonds. The van der Waals surface area contributed by atoms with Crippen LogP contribution in [0.4, 0.5) is 0 Å². The van der Waals surface area contributed by atoms with Gasteiger partial charge in [0, 0.05) is 12.1 Å². The summed E-state index contributed by atoms with van der Waals surface area (Å²) < 4.78 is 25.6. The normalized spacial score (nSPS) is 21.1. The van der Waals surface area contributed by atoms with Crippen LogP contribution in [-0.2, 0) is 10.0 Å². The van der Waals surface area contributed by atoms with Crippen molar-refractivity contribution >= 4 is 10.0 Å². The maximum atomic E-state index is 11.4. The lowest BCUT2D eigenvalue weighted by molar-refractivity contribution is 0.248. The predicted octanol–water partition coefficient (Wildman–Crippen LogP) is 0.0678. The Balaban J connectivity index is 2.42. The standard InChI is InChI=1S/C8H18N2O2S/c1-8(4-3-5-8)10-13(11,12)7-6-9-2/h9-10H,3-7H2,1-2H3. The van der Waals surface area contributed by atoms with Crippen LogP contribution in [0.2, 0.25) is 0 Å². The Kier molecular flexibility index (Phi) is 3.32. The third-order valence-corrected chi connectivity index (χ3v) is 4.03. The van der Waals surface area contributed by atoms with Crippen LogP contribution in [0, 0.1) is 0 Å². The predicted molar refractivity (Wildman–Crippen MR) is 53.1 cm³/mol. The zero-order valence-electron chi connectivity index (χ0n) is 8.26. The number of nitrogens with one attached hydrogen (secondary N) is 2. The summed E-state index contributed by atoms with van der Waals surface area (Å²) in [6.07, 6.45) is 3.06. The van der Waals surface area contributed by atoms with Crippen molar-refractivity contribution in [3.8, 4) is 0 Å². The van der Waals surface area contributed by atoms with Crippen molar-refractivity contribution in [3.63, 3.8) is 0 Å². The first-order valence-corrected chi connectivity index (χ1v) is 6.29. The van der Waals surface area contributed by atoms with Gasteiger partial charge in [0.2, 0.25) is 10.0 Å². The first kappa shape index (κ1) is 10.9. The summed E-state index contributed by atoms with van der Waals surface area (Å²) in [5.74, 6) is 0.166. The van der Waals surface area contributed by atoms with Crippen LogP contribution in [0.5, 0.6) is 0 Å². The maximum Gasteiger partial charge on any atom is 0.213 e. The van der Waals surface area contributed by atoms with E-state index in [2.05, 4.69) is 10.0 Å². The Hall–Kier alpha value is -0.130. The molecule has 78 valence electrons. The molecule has 0 heterocycles. The van der Waals surface area contributed by atoms with E-state index in [9.17, 15) is 8.42 Å². The first-order valence-electron chi connectivity index (χ1n) is 4.64. The molecule has 0 bridgehead atoms. The van der Waals surface area contributed by atoms with Gasteiger partial charge in [0.05, 0.1) is 5.75 Å². The van der Waals surface area contributed by atoms with Gasteiger partial charge < -0.3 is 5.32 Å². The molecular formula is C8H18N2O2S. The summed E-state index contributed by atoms with van der Waals surface area (Å²) in [5, 5.41) is 2.83. The smallest absolute Gasteiger partial charge is 0.213 e. The summed E-state index contributed by atoms with van der Waals surface area (Å²) in [4.78, 5) is 0. The minimum atomic E-state index is -3.07. The van der Waals surface area contributed by atoms with E-state index in [1.807, 2.05) is 6.92 Å². The second-order valence-corrected chi connectivity index (χ2v) is 5.78. The number of sulfonamides is 1. The molecule has 0 aromatic carbocycles. The summed E-state index contributed by atoms with van der Waals surface area (Å²) >= 11 is 0. The quantitative estimate of drug-likeness (QED) is 0.669. The minimum absolute atomic E-state index is 0.160. The largest absolute Gasteiger partial charge is 0.319 e. The van der Waals surface area contributed by atoms with Crippen LogP contribution >= 0.6 is 0 Å². The summed E-state index contributed by atoms with van der Waals surface area (Å²) in [6, 6.07) is 0. The Morgan fingerprint density at radius 2 is 2.00 bits per heavy atom. The number of hydrogen-bond donors (Lipinski definition) is 2. The van der Waals surface area contributed by atoms with E-state index in [1.165, 1.54) is 0 Å². The van der Waals surface area contributed by atoms with Gasteiger partial charge in [0.25, 0.3) is 0 Å². The molecule has 4 nitrogen and oxygen atoms in total. The highest BCUT2D eigenvalue weighted by Crippen LogP contribution is 2.31. The maximum absolute atomic E-state index is 11.4. The van der Waals surface area contributed by atoms with Gasteiger partial charge in [-0.25, -0.2) is 13.1 Å². The Morgan fingerprint density at radius 3 is 2.38 bits per heavy atom. The summed E-state index contributed by atoms with van der Waals surface area (Å²) in [6.45, 7) is 2.47. The van der Waals surface area contributed by atoms with Crippen LogP contribution in [-0.4, -0.2) is 33.3 Å². The van der Waals surface area contributed by atoms with E-state index < -0.39 is 10.0 Å². The molecule has 0 unspecified atom stereocenters. The average molecular weight is 206 g/mol. The molecule has 0 aromatic rings. The van der Waals surface area contributed by atoms with Crippen molar-refractivity contribution in [2.75, 3.05) is 19.3 Å². The van der Waals surface area contributed by atoms with Crippen molar-refractivity contribution in [2.45, 2.75) is 31.7 Å². The number of rotatable bonds is 5. The highest BCUT2D eigenvalue weighted by Gasteiger charge is 2.35. The second kappa shape index (κ2) is 3.94. The van der Waals surface area contributed by atoms with Crippen molar-refractivity contribution in [1.29, 1.82) is 0 Å². The van der Waals surface area contributed by atoms with Crippen LogP contribution in [0.3, 0.4) is 0 Å². The Labute approximate surface area is 80.1 Å². The van der Waals surface area contributed by atoms with Gasteiger partial charge in [-0.2, -0.15) is 0 Å². The molecule has 1 rings (SSSR count). The Bertz CT molecular complexity index is 257. The molecule has 0 atom stereocenters. The third-order valence-electron chi connectivity index (χ3n) is 2.48. The molecule has 0 aromatic heterocycles. The van der Waals surface area contributed by atoms with E-state index in [0.29, 0.717) is 6.54 Å². The molecule has 1 aliphatic carbocycles. The van der Waals surface area contributed by atoms with Gasteiger partial charge in [0.15, 0.2) is 0 Å². The molecule has 0 spiro atoms. The lowest BCUT2D eigenvalue weighted by Crippen LogP contribution is -2.52. The van der Waals surface area contributed by atoms with E-state index in [-0.39, 0.29) is 11.3 Å². The monoisotopic (exact) mass is 206 g/mol. The van der Waals surface area contributed by atoms with Gasteiger partial charge in [-0.15, -0.1) is 0 Å². The van der Waals surface area contributed by atoms with Crippen molar-refractivity contribution in [3.05, 3.63) is 0 Å². The molecule has 0 aliphatic heterocycles. The van der Waals surface area contributed by atoms with Gasteiger partial charge in [0.1, 0.15) is 0 Å². The number of hydrogen-bond acceptors (Lipinski definition) is 3. The van der Waals surface area contributed by atoms with Crippen molar-refractivity contribution in [2.24, 2.45) is 0 Å². The lowest BCUT2D eigenvalue weighted by atomic mass is 9.80. The first-order chi connectivity index (χ1) is 5.97. The lowest BCUT2D eigenvalue weighted by Gasteiger charge is -2.38. The minimum Gasteiger partial charge on any atom is -0.319 e. The second-order valence-electron chi connectivity index (χ2n) is 3.94. The van der Waals surface area contributed by atoms with Gasteiger partial charge in [-0.3, -0.25) is 0 Å². The van der Waals surface area contributed by atoms with Crippen LogP contribution in [0.25, 0.3) is 0 Å². The molecule has 0 radical (unpaired) electrons. The van der Waals surface area contributed by atoms with Crippen LogP contribution < -0.4 is 10.0 Å². The van der Waals surface area contributed by atoms with Crippen LogP contribution in [0.1, 0.15) is 26.2 Å².